The molecule has 0 bridgehead atoms. The van der Waals surface area contributed by atoms with Gasteiger partial charge in [-0.25, -0.2) is 0 Å². The predicted octanol–water partition coefficient (Wildman–Crippen LogP) is 1.77. The van der Waals surface area contributed by atoms with Crippen LogP contribution in [0.3, 0.4) is 0 Å². The van der Waals surface area contributed by atoms with Crippen molar-refractivity contribution >= 4 is 11.9 Å². The number of ether oxygens (including phenoxy) is 2. The van der Waals surface area contributed by atoms with E-state index in [1.807, 2.05) is 20.8 Å². The Hall–Kier alpha value is -1.06. The number of hydrogen-bond donors (Lipinski definition) is 0. The average molecular weight is 240 g/mol. The Morgan fingerprint density at radius 1 is 1.00 bits per heavy atom. The molecule has 2 aliphatic rings. The van der Waals surface area contributed by atoms with E-state index >= 15 is 0 Å². The van der Waals surface area contributed by atoms with Crippen LogP contribution in [-0.2, 0) is 19.1 Å². The summed E-state index contributed by atoms with van der Waals surface area (Å²) in [5.74, 6) is 0.153. The van der Waals surface area contributed by atoms with Crippen molar-refractivity contribution in [1.82, 2.24) is 0 Å². The summed E-state index contributed by atoms with van der Waals surface area (Å²) < 4.78 is 10.2. The Bertz CT molecular complexity index is 342. The zero-order valence-corrected chi connectivity index (χ0v) is 10.9. The van der Waals surface area contributed by atoms with E-state index in [4.69, 9.17) is 9.47 Å². The summed E-state index contributed by atoms with van der Waals surface area (Å²) in [5.41, 5.74) is -0.454. The highest BCUT2D eigenvalue weighted by Crippen LogP contribution is 2.59. The first kappa shape index (κ1) is 12.4. The van der Waals surface area contributed by atoms with Gasteiger partial charge in [0.15, 0.2) is 0 Å². The van der Waals surface area contributed by atoms with Gasteiger partial charge in [0.2, 0.25) is 0 Å². The van der Waals surface area contributed by atoms with Crippen LogP contribution in [0.25, 0.3) is 0 Å². The van der Waals surface area contributed by atoms with Gasteiger partial charge in [0.25, 0.3) is 0 Å². The van der Waals surface area contributed by atoms with Crippen molar-refractivity contribution in [1.29, 1.82) is 0 Å². The van der Waals surface area contributed by atoms with E-state index in [-0.39, 0.29) is 23.8 Å². The van der Waals surface area contributed by atoms with Gasteiger partial charge < -0.3 is 9.47 Å². The zero-order chi connectivity index (χ0) is 12.8. The third-order valence-corrected chi connectivity index (χ3v) is 3.65. The summed E-state index contributed by atoms with van der Waals surface area (Å²) in [6.45, 7) is 5.59. The van der Waals surface area contributed by atoms with Gasteiger partial charge in [-0.05, 0) is 45.4 Å². The molecule has 4 heteroatoms. The number of methoxy groups -OCH3 is 1. The Morgan fingerprint density at radius 3 is 2.00 bits per heavy atom. The lowest BCUT2D eigenvalue weighted by Crippen LogP contribution is -2.29. The Balaban J connectivity index is 1.97. The van der Waals surface area contributed by atoms with Crippen LogP contribution in [0.4, 0.5) is 0 Å². The molecule has 0 aromatic carbocycles. The summed E-state index contributed by atoms with van der Waals surface area (Å²) in [7, 11) is 1.40. The van der Waals surface area contributed by atoms with Crippen LogP contribution in [0.15, 0.2) is 0 Å². The highest BCUT2D eigenvalue weighted by Gasteiger charge is 2.59. The fourth-order valence-electron chi connectivity index (χ4n) is 2.86. The fraction of sp³-hybridized carbons (Fsp3) is 0.846. The van der Waals surface area contributed by atoms with E-state index in [1.54, 1.807) is 0 Å². The summed E-state index contributed by atoms with van der Waals surface area (Å²) in [4.78, 5) is 23.5. The fourth-order valence-corrected chi connectivity index (χ4v) is 2.86. The highest BCUT2D eigenvalue weighted by atomic mass is 16.6. The smallest absolute Gasteiger partial charge is 0.309 e. The third kappa shape index (κ3) is 2.45. The van der Waals surface area contributed by atoms with Crippen molar-refractivity contribution in [3.8, 4) is 0 Å². The second kappa shape index (κ2) is 4.00. The van der Waals surface area contributed by atoms with Crippen LogP contribution in [0, 0.1) is 23.7 Å². The maximum absolute atomic E-state index is 12.0. The first-order valence-electron chi connectivity index (χ1n) is 6.14. The number of carbonyl (C=O) groups is 2. The normalized spacial score (nSPS) is 35.1. The minimum atomic E-state index is -0.454. The molecule has 4 nitrogen and oxygen atoms in total. The maximum Gasteiger partial charge on any atom is 0.309 e. The average Bonchev–Trinajstić information content (AvgIpc) is 2.89. The summed E-state index contributed by atoms with van der Waals surface area (Å²) in [6.07, 6.45) is 1.56. The van der Waals surface area contributed by atoms with Gasteiger partial charge in [0.1, 0.15) is 5.60 Å². The summed E-state index contributed by atoms with van der Waals surface area (Å²) >= 11 is 0. The minimum absolute atomic E-state index is 0.0949. The number of esters is 2. The van der Waals surface area contributed by atoms with Crippen molar-refractivity contribution < 1.29 is 19.1 Å². The van der Waals surface area contributed by atoms with E-state index in [0.717, 1.165) is 6.42 Å². The SMILES string of the molecule is COC(=O)C1CC(C(=O)OC(C)(C)C)C2CC12. The van der Waals surface area contributed by atoms with Crippen molar-refractivity contribution in [2.45, 2.75) is 39.2 Å². The van der Waals surface area contributed by atoms with Gasteiger partial charge >= 0.3 is 11.9 Å². The standard InChI is InChI=1S/C13H20O4/c1-13(2,3)17-12(15)10-6-9(11(14)16-4)7-5-8(7)10/h7-10H,5-6H2,1-4H3. The molecule has 0 aromatic rings. The molecule has 0 aliphatic heterocycles. The van der Waals surface area contributed by atoms with E-state index in [2.05, 4.69) is 0 Å². The molecule has 2 fully saturated rings. The second-order valence-corrected chi connectivity index (χ2v) is 6.07. The molecule has 96 valence electrons. The van der Waals surface area contributed by atoms with Crippen molar-refractivity contribution in [2.24, 2.45) is 23.7 Å². The molecule has 0 radical (unpaired) electrons. The van der Waals surface area contributed by atoms with Crippen molar-refractivity contribution in [2.75, 3.05) is 7.11 Å². The molecule has 2 aliphatic carbocycles. The maximum atomic E-state index is 12.0. The van der Waals surface area contributed by atoms with E-state index < -0.39 is 5.60 Å². The van der Waals surface area contributed by atoms with E-state index in [0.29, 0.717) is 18.3 Å². The second-order valence-electron chi connectivity index (χ2n) is 6.07. The summed E-state index contributed by atoms with van der Waals surface area (Å²) in [6, 6.07) is 0. The molecule has 2 rings (SSSR count). The molecule has 17 heavy (non-hydrogen) atoms. The van der Waals surface area contributed by atoms with Crippen LogP contribution < -0.4 is 0 Å². The van der Waals surface area contributed by atoms with Crippen LogP contribution >= 0.6 is 0 Å². The van der Waals surface area contributed by atoms with E-state index in [1.165, 1.54) is 7.11 Å². The molecule has 0 saturated heterocycles. The van der Waals surface area contributed by atoms with Crippen LogP contribution in [0.5, 0.6) is 0 Å². The number of rotatable bonds is 2. The summed E-state index contributed by atoms with van der Waals surface area (Å²) in [5, 5.41) is 0. The van der Waals surface area contributed by atoms with E-state index in [9.17, 15) is 9.59 Å². The Kier molecular flexibility index (Phi) is 2.92. The number of carbonyl (C=O) groups excluding carboxylic acids is 2. The molecule has 0 N–H and O–H groups in total. The first-order chi connectivity index (χ1) is 7.83. The molecule has 0 aromatic heterocycles. The number of fused-ring (bicyclic) bond motifs is 1. The quantitative estimate of drug-likeness (QED) is 0.690. The Morgan fingerprint density at radius 2 is 1.53 bits per heavy atom. The van der Waals surface area contributed by atoms with Gasteiger partial charge in [-0.15, -0.1) is 0 Å². The Labute approximate surface area is 102 Å². The number of hydrogen-bond acceptors (Lipinski definition) is 4. The molecular formula is C13H20O4. The van der Waals surface area contributed by atoms with Gasteiger partial charge in [0, 0.05) is 0 Å². The van der Waals surface area contributed by atoms with Gasteiger partial charge in [-0.2, -0.15) is 0 Å². The highest BCUT2D eigenvalue weighted by molar-refractivity contribution is 5.79. The molecular weight excluding hydrogens is 220 g/mol. The third-order valence-electron chi connectivity index (χ3n) is 3.65. The topological polar surface area (TPSA) is 52.6 Å². The minimum Gasteiger partial charge on any atom is -0.469 e. The monoisotopic (exact) mass is 240 g/mol. The van der Waals surface area contributed by atoms with Crippen molar-refractivity contribution in [3.63, 3.8) is 0 Å². The largest absolute Gasteiger partial charge is 0.469 e. The first-order valence-corrected chi connectivity index (χ1v) is 6.14. The predicted molar refractivity (Wildman–Crippen MR) is 61.1 cm³/mol. The molecule has 4 atom stereocenters. The van der Waals surface area contributed by atoms with Gasteiger partial charge in [0.05, 0.1) is 18.9 Å². The van der Waals surface area contributed by atoms with Crippen LogP contribution in [0.1, 0.15) is 33.6 Å². The molecule has 0 heterocycles. The van der Waals surface area contributed by atoms with Crippen LogP contribution in [0.2, 0.25) is 0 Å². The molecule has 4 unspecified atom stereocenters. The lowest BCUT2D eigenvalue weighted by molar-refractivity contribution is -0.160. The lowest BCUT2D eigenvalue weighted by Gasteiger charge is -2.23. The lowest BCUT2D eigenvalue weighted by atomic mass is 9.97. The van der Waals surface area contributed by atoms with Crippen LogP contribution in [-0.4, -0.2) is 24.6 Å². The van der Waals surface area contributed by atoms with Gasteiger partial charge in [-0.3, -0.25) is 9.59 Å². The van der Waals surface area contributed by atoms with Gasteiger partial charge in [-0.1, -0.05) is 0 Å². The molecule has 0 spiro atoms. The molecule has 2 saturated carbocycles. The molecule has 0 amide bonds. The van der Waals surface area contributed by atoms with Crippen molar-refractivity contribution in [3.05, 3.63) is 0 Å². The zero-order valence-electron chi connectivity index (χ0n) is 10.9.